The van der Waals surface area contributed by atoms with Crippen LogP contribution in [0.1, 0.15) is 0 Å². The Morgan fingerprint density at radius 3 is 2.57 bits per heavy atom. The van der Waals surface area contributed by atoms with Gasteiger partial charge in [0.05, 0.1) is 5.52 Å². The Bertz CT molecular complexity index is 963. The Morgan fingerprint density at radius 1 is 0.810 bits per heavy atom. The Hall–Kier alpha value is -3.01. The highest BCUT2D eigenvalue weighted by atomic mass is 15.1. The van der Waals surface area contributed by atoms with Gasteiger partial charge in [-0.3, -0.25) is 4.98 Å². The highest BCUT2D eigenvalue weighted by molar-refractivity contribution is 6.00. The van der Waals surface area contributed by atoms with Crippen LogP contribution in [0.4, 0.5) is 5.82 Å². The molecule has 2 aromatic heterocycles. The van der Waals surface area contributed by atoms with Crippen LogP contribution < -0.4 is 5.73 Å². The van der Waals surface area contributed by atoms with E-state index < -0.39 is 0 Å². The number of fused-ring (bicyclic) bond motifs is 2. The van der Waals surface area contributed by atoms with E-state index in [9.17, 15) is 0 Å². The standard InChI is InChI=1S/C17H12N4/c18-17-14-6-2-1-5-13(14)16(20-21-17)12-8-7-11-4-3-9-19-15(11)10-12/h1-10H,(H2,18,21). The maximum absolute atomic E-state index is 5.91. The average molecular weight is 272 g/mol. The number of nitrogen functional groups attached to an aromatic ring is 1. The van der Waals surface area contributed by atoms with Crippen LogP contribution in [0.25, 0.3) is 32.9 Å². The molecule has 0 aliphatic rings. The minimum atomic E-state index is 0.452. The molecule has 0 bridgehead atoms. The van der Waals surface area contributed by atoms with E-state index in [2.05, 4.69) is 15.2 Å². The molecule has 4 nitrogen and oxygen atoms in total. The molecule has 0 radical (unpaired) electrons. The first-order valence-electron chi connectivity index (χ1n) is 6.69. The third-order valence-corrected chi connectivity index (χ3v) is 3.60. The molecule has 2 heterocycles. The zero-order valence-corrected chi connectivity index (χ0v) is 11.2. The van der Waals surface area contributed by atoms with Crippen LogP contribution in [-0.2, 0) is 0 Å². The fourth-order valence-corrected chi connectivity index (χ4v) is 2.55. The summed E-state index contributed by atoms with van der Waals surface area (Å²) >= 11 is 0. The summed E-state index contributed by atoms with van der Waals surface area (Å²) in [7, 11) is 0. The fraction of sp³-hybridized carbons (Fsp3) is 0. The van der Waals surface area contributed by atoms with Gasteiger partial charge in [0, 0.05) is 27.9 Å². The zero-order chi connectivity index (χ0) is 14.2. The molecule has 0 aliphatic carbocycles. The van der Waals surface area contributed by atoms with Gasteiger partial charge in [0.25, 0.3) is 0 Å². The highest BCUT2D eigenvalue weighted by Crippen LogP contribution is 2.29. The Labute approximate surface area is 121 Å². The highest BCUT2D eigenvalue weighted by Gasteiger charge is 2.09. The van der Waals surface area contributed by atoms with Gasteiger partial charge >= 0.3 is 0 Å². The minimum absolute atomic E-state index is 0.452. The van der Waals surface area contributed by atoms with Gasteiger partial charge in [-0.05, 0) is 12.1 Å². The fourth-order valence-electron chi connectivity index (χ4n) is 2.55. The molecular formula is C17H12N4. The van der Waals surface area contributed by atoms with Crippen molar-refractivity contribution in [1.29, 1.82) is 0 Å². The van der Waals surface area contributed by atoms with Crippen LogP contribution in [0.3, 0.4) is 0 Å². The van der Waals surface area contributed by atoms with Gasteiger partial charge in [0.15, 0.2) is 5.82 Å². The Balaban J connectivity index is 2.02. The van der Waals surface area contributed by atoms with Gasteiger partial charge in [0.1, 0.15) is 5.69 Å². The summed E-state index contributed by atoms with van der Waals surface area (Å²) in [4.78, 5) is 4.39. The summed E-state index contributed by atoms with van der Waals surface area (Å²) in [6, 6.07) is 18.0. The third kappa shape index (κ3) is 1.89. The minimum Gasteiger partial charge on any atom is -0.382 e. The van der Waals surface area contributed by atoms with Crippen molar-refractivity contribution >= 4 is 27.5 Å². The van der Waals surface area contributed by atoms with E-state index in [0.717, 1.165) is 32.9 Å². The van der Waals surface area contributed by atoms with Gasteiger partial charge in [-0.2, -0.15) is 0 Å². The molecule has 4 aromatic rings. The molecule has 2 N–H and O–H groups in total. The number of hydrogen-bond donors (Lipinski definition) is 1. The molecule has 100 valence electrons. The molecule has 4 rings (SSSR count). The first-order chi connectivity index (χ1) is 10.3. The Kier molecular flexibility index (Phi) is 2.54. The summed E-state index contributed by atoms with van der Waals surface area (Å²) in [5.41, 5.74) is 8.67. The molecule has 21 heavy (non-hydrogen) atoms. The van der Waals surface area contributed by atoms with Gasteiger partial charge in [-0.15, -0.1) is 10.2 Å². The topological polar surface area (TPSA) is 64.7 Å². The van der Waals surface area contributed by atoms with Crippen molar-refractivity contribution in [2.45, 2.75) is 0 Å². The molecule has 0 atom stereocenters. The molecule has 0 saturated carbocycles. The van der Waals surface area contributed by atoms with Crippen molar-refractivity contribution in [1.82, 2.24) is 15.2 Å². The zero-order valence-electron chi connectivity index (χ0n) is 11.2. The number of benzene rings is 2. The van der Waals surface area contributed by atoms with E-state index in [0.29, 0.717) is 5.82 Å². The predicted octanol–water partition coefficient (Wildman–Crippen LogP) is 3.43. The van der Waals surface area contributed by atoms with Gasteiger partial charge in [0.2, 0.25) is 0 Å². The first kappa shape index (κ1) is 11.8. The second kappa shape index (κ2) is 4.52. The van der Waals surface area contributed by atoms with Crippen molar-refractivity contribution < 1.29 is 0 Å². The summed E-state index contributed by atoms with van der Waals surface area (Å²) in [5.74, 6) is 0.452. The molecular weight excluding hydrogens is 260 g/mol. The quantitative estimate of drug-likeness (QED) is 0.576. The van der Waals surface area contributed by atoms with Crippen molar-refractivity contribution in [3.05, 3.63) is 60.8 Å². The van der Waals surface area contributed by atoms with Gasteiger partial charge in [-0.1, -0.05) is 42.5 Å². The van der Waals surface area contributed by atoms with Crippen LogP contribution in [0.2, 0.25) is 0 Å². The second-order valence-electron chi connectivity index (χ2n) is 4.89. The van der Waals surface area contributed by atoms with E-state index >= 15 is 0 Å². The average Bonchev–Trinajstić information content (AvgIpc) is 2.55. The molecule has 0 fully saturated rings. The lowest BCUT2D eigenvalue weighted by molar-refractivity contribution is 1.07. The number of aromatic nitrogens is 3. The van der Waals surface area contributed by atoms with Crippen molar-refractivity contribution in [3.63, 3.8) is 0 Å². The number of anilines is 1. The monoisotopic (exact) mass is 272 g/mol. The Morgan fingerprint density at radius 2 is 1.67 bits per heavy atom. The molecule has 0 spiro atoms. The van der Waals surface area contributed by atoms with Crippen LogP contribution in [0, 0.1) is 0 Å². The predicted molar refractivity (Wildman–Crippen MR) is 84.7 cm³/mol. The number of nitrogens with zero attached hydrogens (tertiary/aromatic N) is 3. The smallest absolute Gasteiger partial charge is 0.154 e. The van der Waals surface area contributed by atoms with E-state index in [1.165, 1.54) is 0 Å². The summed E-state index contributed by atoms with van der Waals surface area (Å²) < 4.78 is 0. The lowest BCUT2D eigenvalue weighted by Gasteiger charge is -2.07. The molecule has 0 unspecified atom stereocenters. The lowest BCUT2D eigenvalue weighted by Crippen LogP contribution is -1.97. The van der Waals surface area contributed by atoms with Crippen LogP contribution in [0.15, 0.2) is 60.8 Å². The SMILES string of the molecule is Nc1nnc(-c2ccc3cccnc3c2)c2ccccc12. The first-order valence-corrected chi connectivity index (χ1v) is 6.69. The summed E-state index contributed by atoms with van der Waals surface area (Å²) in [6.45, 7) is 0. The normalized spacial score (nSPS) is 11.0. The van der Waals surface area contributed by atoms with E-state index in [1.54, 1.807) is 6.20 Å². The maximum Gasteiger partial charge on any atom is 0.154 e. The van der Waals surface area contributed by atoms with Crippen molar-refractivity contribution in [2.75, 3.05) is 5.73 Å². The molecule has 4 heteroatoms. The van der Waals surface area contributed by atoms with E-state index in [1.807, 2.05) is 54.6 Å². The largest absolute Gasteiger partial charge is 0.382 e. The number of nitrogens with two attached hydrogens (primary N) is 1. The van der Waals surface area contributed by atoms with E-state index in [-0.39, 0.29) is 0 Å². The molecule has 0 aliphatic heterocycles. The summed E-state index contributed by atoms with van der Waals surface area (Å²) in [5, 5.41) is 11.4. The molecule has 0 saturated heterocycles. The maximum atomic E-state index is 5.91. The van der Waals surface area contributed by atoms with Gasteiger partial charge in [-0.25, -0.2) is 0 Å². The van der Waals surface area contributed by atoms with Gasteiger partial charge < -0.3 is 5.73 Å². The molecule has 2 aromatic carbocycles. The number of hydrogen-bond acceptors (Lipinski definition) is 4. The number of rotatable bonds is 1. The van der Waals surface area contributed by atoms with Crippen molar-refractivity contribution in [2.24, 2.45) is 0 Å². The van der Waals surface area contributed by atoms with Crippen LogP contribution in [0.5, 0.6) is 0 Å². The van der Waals surface area contributed by atoms with Crippen molar-refractivity contribution in [3.8, 4) is 11.3 Å². The lowest BCUT2D eigenvalue weighted by atomic mass is 10.0. The third-order valence-electron chi connectivity index (χ3n) is 3.60. The van der Waals surface area contributed by atoms with Crippen LogP contribution in [-0.4, -0.2) is 15.2 Å². The number of pyridine rings is 1. The van der Waals surface area contributed by atoms with E-state index in [4.69, 9.17) is 5.73 Å². The molecule has 0 amide bonds. The second-order valence-corrected chi connectivity index (χ2v) is 4.89. The summed E-state index contributed by atoms with van der Waals surface area (Å²) in [6.07, 6.45) is 1.79. The van der Waals surface area contributed by atoms with Crippen LogP contribution >= 0.6 is 0 Å².